The zero-order valence-electron chi connectivity index (χ0n) is 22.0. The van der Waals surface area contributed by atoms with E-state index in [1.54, 1.807) is 21.6 Å². The predicted octanol–water partition coefficient (Wildman–Crippen LogP) is 7.70. The maximum absolute atomic E-state index is 12.4. The summed E-state index contributed by atoms with van der Waals surface area (Å²) in [5, 5.41) is 7.32. The van der Waals surface area contributed by atoms with Crippen molar-refractivity contribution in [2.24, 2.45) is 0 Å². The van der Waals surface area contributed by atoms with Crippen LogP contribution < -0.4 is 10.6 Å². The zero-order valence-corrected chi connectivity index (χ0v) is 25.3. The number of benzene rings is 4. The first-order valence-corrected chi connectivity index (χ1v) is 17.0. The van der Waals surface area contributed by atoms with Crippen molar-refractivity contribution >= 4 is 90.4 Å². The number of aromatic nitrogens is 4. The molecule has 0 atom stereocenters. The third-order valence-corrected chi connectivity index (χ3v) is 10.1. The second-order valence-corrected chi connectivity index (χ2v) is 13.2. The molecule has 42 heavy (non-hydrogen) atoms. The highest BCUT2D eigenvalue weighted by Crippen LogP contribution is 2.38. The summed E-state index contributed by atoms with van der Waals surface area (Å²) in [6, 6.07) is 31.1. The van der Waals surface area contributed by atoms with Crippen LogP contribution in [0.15, 0.2) is 117 Å². The van der Waals surface area contributed by atoms with E-state index < -0.39 is 0 Å². The number of aromatic amines is 2. The molecule has 6 aromatic rings. The normalized spacial score (nSPS) is 11.1. The Balaban J connectivity index is 0.919. The van der Waals surface area contributed by atoms with Gasteiger partial charge in [0.05, 0.1) is 33.6 Å². The lowest BCUT2D eigenvalue weighted by atomic mass is 10.3. The fourth-order valence-electron chi connectivity index (χ4n) is 3.94. The summed E-state index contributed by atoms with van der Waals surface area (Å²) in [5.74, 6) is 0.358. The van der Waals surface area contributed by atoms with Gasteiger partial charge in [-0.3, -0.25) is 9.59 Å². The molecule has 6 rings (SSSR count). The minimum absolute atomic E-state index is 0.0875. The number of anilines is 2. The van der Waals surface area contributed by atoms with E-state index >= 15 is 0 Å². The Morgan fingerprint density at radius 3 is 1.38 bits per heavy atom. The number of amides is 2. The standard InChI is InChI=1S/C30H24N6O2S4/c37-27(17-39-29-33-23-5-1-2-6-24(23)34-29)31-19-9-13-21(14-10-19)41-42-22-15-11-20(12-16-22)32-28(38)18-40-30-35-25-7-3-4-8-26(25)36-30/h1-16H,17-18H2,(H,31,37)(H,32,38)(H,33,34)(H,35,36). The Morgan fingerprint density at radius 1 is 0.571 bits per heavy atom. The number of carbonyl (C=O) groups excluding carboxylic acids is 2. The molecule has 0 aliphatic carbocycles. The molecule has 0 radical (unpaired) electrons. The van der Waals surface area contributed by atoms with Crippen molar-refractivity contribution in [1.29, 1.82) is 0 Å². The van der Waals surface area contributed by atoms with Crippen LogP contribution in [0.4, 0.5) is 11.4 Å². The van der Waals surface area contributed by atoms with Gasteiger partial charge >= 0.3 is 0 Å². The molecule has 0 saturated carbocycles. The van der Waals surface area contributed by atoms with Crippen molar-refractivity contribution in [1.82, 2.24) is 19.9 Å². The van der Waals surface area contributed by atoms with Crippen molar-refractivity contribution in [3.63, 3.8) is 0 Å². The fraction of sp³-hybridized carbons (Fsp3) is 0.0667. The van der Waals surface area contributed by atoms with E-state index in [4.69, 9.17) is 0 Å². The van der Waals surface area contributed by atoms with Gasteiger partial charge in [0.15, 0.2) is 10.3 Å². The Bertz CT molecular complexity index is 1640. The number of imidazole rings is 2. The van der Waals surface area contributed by atoms with Gasteiger partial charge < -0.3 is 20.6 Å². The quantitative estimate of drug-likeness (QED) is 0.0852. The molecule has 8 nitrogen and oxygen atoms in total. The topological polar surface area (TPSA) is 116 Å². The van der Waals surface area contributed by atoms with Crippen LogP contribution in [0.25, 0.3) is 22.1 Å². The van der Waals surface area contributed by atoms with Crippen molar-refractivity contribution < 1.29 is 9.59 Å². The third kappa shape index (κ3) is 7.51. The van der Waals surface area contributed by atoms with Gasteiger partial charge in [-0.1, -0.05) is 69.4 Å². The second kappa shape index (κ2) is 13.4. The average Bonchev–Trinajstić information content (AvgIpc) is 3.63. The maximum atomic E-state index is 12.4. The van der Waals surface area contributed by atoms with Crippen LogP contribution in [0, 0.1) is 0 Å². The summed E-state index contributed by atoms with van der Waals surface area (Å²) < 4.78 is 0. The van der Waals surface area contributed by atoms with E-state index in [-0.39, 0.29) is 23.3 Å². The summed E-state index contributed by atoms with van der Waals surface area (Å²) in [7, 11) is 3.25. The van der Waals surface area contributed by atoms with Crippen LogP contribution in [0.5, 0.6) is 0 Å². The lowest BCUT2D eigenvalue weighted by Crippen LogP contribution is -2.14. The number of rotatable bonds is 11. The van der Waals surface area contributed by atoms with Gasteiger partial charge in [0.2, 0.25) is 11.8 Å². The molecule has 12 heteroatoms. The number of hydrogen-bond acceptors (Lipinski definition) is 8. The van der Waals surface area contributed by atoms with Crippen LogP contribution in [-0.2, 0) is 9.59 Å². The van der Waals surface area contributed by atoms with Crippen molar-refractivity contribution in [3.8, 4) is 0 Å². The SMILES string of the molecule is O=C(CSc1nc2ccccc2[nH]1)Nc1ccc(SSc2ccc(NC(=O)CSc3nc4ccccc4[nH]3)cc2)cc1. The molecule has 210 valence electrons. The number of carbonyl (C=O) groups is 2. The Labute approximate surface area is 258 Å². The summed E-state index contributed by atoms with van der Waals surface area (Å²) in [6.45, 7) is 0. The molecule has 4 aromatic carbocycles. The van der Waals surface area contributed by atoms with Crippen molar-refractivity contribution in [2.75, 3.05) is 22.1 Å². The Hall–Kier alpha value is -3.84. The summed E-state index contributed by atoms with van der Waals surface area (Å²) in [5.41, 5.74) is 5.19. The van der Waals surface area contributed by atoms with Gasteiger partial charge in [-0.25, -0.2) is 9.97 Å². The van der Waals surface area contributed by atoms with Gasteiger partial charge in [-0.2, -0.15) is 0 Å². The summed E-state index contributed by atoms with van der Waals surface area (Å²) >= 11 is 2.75. The molecule has 0 spiro atoms. The fourth-order valence-corrected chi connectivity index (χ4v) is 7.24. The molecule has 0 saturated heterocycles. The molecule has 2 amide bonds. The van der Waals surface area contributed by atoms with Gasteiger partial charge in [-0.05, 0) is 72.8 Å². The smallest absolute Gasteiger partial charge is 0.234 e. The van der Waals surface area contributed by atoms with E-state index in [1.165, 1.54) is 23.5 Å². The number of fused-ring (bicyclic) bond motifs is 2. The molecule has 2 aromatic heterocycles. The molecule has 0 aliphatic rings. The highest BCUT2D eigenvalue weighted by atomic mass is 33.1. The van der Waals surface area contributed by atoms with Crippen LogP contribution in [0.3, 0.4) is 0 Å². The molecule has 0 unspecified atom stereocenters. The molecular formula is C30H24N6O2S4. The van der Waals surface area contributed by atoms with E-state index in [2.05, 4.69) is 30.6 Å². The first-order chi connectivity index (χ1) is 20.6. The van der Waals surface area contributed by atoms with Crippen molar-refractivity contribution in [3.05, 3.63) is 97.1 Å². The molecule has 2 heterocycles. The van der Waals surface area contributed by atoms with Gasteiger partial charge in [0, 0.05) is 21.2 Å². The molecule has 0 fully saturated rings. The molecule has 0 aliphatic heterocycles. The van der Waals surface area contributed by atoms with Crippen LogP contribution >= 0.6 is 45.1 Å². The van der Waals surface area contributed by atoms with Crippen LogP contribution in [-0.4, -0.2) is 43.3 Å². The number of nitrogens with zero attached hydrogens (tertiary/aromatic N) is 2. The first kappa shape index (κ1) is 28.3. The third-order valence-electron chi connectivity index (χ3n) is 5.93. The molecule has 4 N–H and O–H groups in total. The molecular weight excluding hydrogens is 605 g/mol. The monoisotopic (exact) mass is 628 g/mol. The van der Waals surface area contributed by atoms with Crippen LogP contribution in [0.2, 0.25) is 0 Å². The van der Waals surface area contributed by atoms with E-state index in [1.807, 2.05) is 97.1 Å². The predicted molar refractivity (Wildman–Crippen MR) is 175 cm³/mol. The van der Waals surface area contributed by atoms with E-state index in [0.717, 1.165) is 53.5 Å². The minimum atomic E-state index is -0.0875. The summed E-state index contributed by atoms with van der Waals surface area (Å²) in [6.07, 6.45) is 0. The largest absolute Gasteiger partial charge is 0.333 e. The van der Waals surface area contributed by atoms with E-state index in [0.29, 0.717) is 0 Å². The number of para-hydroxylation sites is 4. The highest BCUT2D eigenvalue weighted by molar-refractivity contribution is 8.76. The number of nitrogens with one attached hydrogen (secondary N) is 4. The second-order valence-electron chi connectivity index (χ2n) is 9.01. The summed E-state index contributed by atoms with van der Waals surface area (Å²) in [4.78, 5) is 42.4. The van der Waals surface area contributed by atoms with Gasteiger partial charge in [0.1, 0.15) is 0 Å². The lowest BCUT2D eigenvalue weighted by Gasteiger charge is -2.07. The van der Waals surface area contributed by atoms with Gasteiger partial charge in [0.25, 0.3) is 0 Å². The Morgan fingerprint density at radius 2 is 0.976 bits per heavy atom. The Kier molecular flexibility index (Phi) is 9.04. The molecule has 0 bridgehead atoms. The number of hydrogen-bond donors (Lipinski definition) is 4. The maximum Gasteiger partial charge on any atom is 0.234 e. The minimum Gasteiger partial charge on any atom is -0.333 e. The first-order valence-electron chi connectivity index (χ1n) is 12.9. The van der Waals surface area contributed by atoms with Crippen LogP contribution in [0.1, 0.15) is 0 Å². The highest BCUT2D eigenvalue weighted by Gasteiger charge is 2.09. The number of thioether (sulfide) groups is 2. The average molecular weight is 629 g/mol. The number of H-pyrrole nitrogens is 2. The zero-order chi connectivity index (χ0) is 28.7. The van der Waals surface area contributed by atoms with Crippen molar-refractivity contribution in [2.45, 2.75) is 20.1 Å². The van der Waals surface area contributed by atoms with Gasteiger partial charge in [-0.15, -0.1) is 0 Å². The van der Waals surface area contributed by atoms with E-state index in [9.17, 15) is 9.59 Å². The lowest BCUT2D eigenvalue weighted by molar-refractivity contribution is -0.114.